The van der Waals surface area contributed by atoms with Gasteiger partial charge in [-0.05, 0) is 49.4 Å². The molecule has 3 heteroatoms. The number of halogens is 2. The molecule has 0 saturated heterocycles. The molecule has 1 unspecified atom stereocenters. The van der Waals surface area contributed by atoms with E-state index in [-0.39, 0.29) is 0 Å². The molecule has 2 rings (SSSR count). The molecule has 1 aromatic rings. The normalized spacial score (nSPS) is 20.0. The third-order valence-electron chi connectivity index (χ3n) is 4.48. The van der Waals surface area contributed by atoms with Gasteiger partial charge in [-0.1, -0.05) is 49.0 Å². The van der Waals surface area contributed by atoms with Crippen LogP contribution < -0.4 is 5.32 Å². The predicted octanol–water partition coefficient (Wildman–Crippen LogP) is 5.22. The SMILES string of the molecule is CCC1(C(NC)c2ccc(Cl)c(Cl)c2)CCCC1. The largest absolute Gasteiger partial charge is 0.313 e. The maximum Gasteiger partial charge on any atom is 0.0595 e. The Morgan fingerprint density at radius 2 is 1.89 bits per heavy atom. The molecule has 18 heavy (non-hydrogen) atoms. The van der Waals surface area contributed by atoms with Gasteiger partial charge in [-0.15, -0.1) is 0 Å². The summed E-state index contributed by atoms with van der Waals surface area (Å²) in [6.45, 7) is 2.30. The fourth-order valence-electron chi connectivity index (χ4n) is 3.44. The lowest BCUT2D eigenvalue weighted by Gasteiger charge is -2.37. The van der Waals surface area contributed by atoms with E-state index in [0.29, 0.717) is 21.5 Å². The van der Waals surface area contributed by atoms with Crippen LogP contribution in [0.2, 0.25) is 10.0 Å². The summed E-state index contributed by atoms with van der Waals surface area (Å²) < 4.78 is 0. The molecular formula is C15H21Cl2N. The van der Waals surface area contributed by atoms with Gasteiger partial charge in [0.25, 0.3) is 0 Å². The number of hydrogen-bond donors (Lipinski definition) is 1. The molecule has 1 aliphatic carbocycles. The average Bonchev–Trinajstić information content (AvgIpc) is 2.84. The molecular weight excluding hydrogens is 265 g/mol. The van der Waals surface area contributed by atoms with Crippen LogP contribution in [0.1, 0.15) is 50.6 Å². The predicted molar refractivity (Wildman–Crippen MR) is 79.5 cm³/mol. The molecule has 100 valence electrons. The van der Waals surface area contributed by atoms with Crippen LogP contribution in [0.4, 0.5) is 0 Å². The Labute approximate surface area is 120 Å². The summed E-state index contributed by atoms with van der Waals surface area (Å²) in [6, 6.07) is 6.40. The van der Waals surface area contributed by atoms with Gasteiger partial charge in [-0.2, -0.15) is 0 Å². The van der Waals surface area contributed by atoms with Crippen LogP contribution in [0.5, 0.6) is 0 Å². The third kappa shape index (κ3) is 2.54. The second-order valence-corrected chi connectivity index (χ2v) is 6.13. The first kappa shape index (κ1) is 14.2. The van der Waals surface area contributed by atoms with Gasteiger partial charge in [-0.3, -0.25) is 0 Å². The van der Waals surface area contributed by atoms with Gasteiger partial charge in [0.2, 0.25) is 0 Å². The summed E-state index contributed by atoms with van der Waals surface area (Å²) in [4.78, 5) is 0. The summed E-state index contributed by atoms with van der Waals surface area (Å²) in [5, 5.41) is 4.78. The minimum atomic E-state index is 0.375. The minimum Gasteiger partial charge on any atom is -0.313 e. The Kier molecular flexibility index (Phi) is 4.58. The van der Waals surface area contributed by atoms with Crippen LogP contribution in [-0.2, 0) is 0 Å². The van der Waals surface area contributed by atoms with Crippen molar-refractivity contribution in [3.8, 4) is 0 Å². The maximum atomic E-state index is 6.15. The fourth-order valence-corrected chi connectivity index (χ4v) is 3.75. The highest BCUT2D eigenvalue weighted by molar-refractivity contribution is 6.42. The Bertz CT molecular complexity index is 411. The van der Waals surface area contributed by atoms with E-state index in [1.54, 1.807) is 0 Å². The van der Waals surface area contributed by atoms with Crippen molar-refractivity contribution in [2.24, 2.45) is 5.41 Å². The second-order valence-electron chi connectivity index (χ2n) is 5.32. The minimum absolute atomic E-state index is 0.375. The smallest absolute Gasteiger partial charge is 0.0595 e. The Morgan fingerprint density at radius 1 is 1.22 bits per heavy atom. The quantitative estimate of drug-likeness (QED) is 0.799. The zero-order chi connectivity index (χ0) is 13.2. The van der Waals surface area contributed by atoms with Crippen molar-refractivity contribution in [3.05, 3.63) is 33.8 Å². The van der Waals surface area contributed by atoms with Gasteiger partial charge in [0, 0.05) is 6.04 Å². The van der Waals surface area contributed by atoms with Gasteiger partial charge < -0.3 is 5.32 Å². The van der Waals surface area contributed by atoms with Crippen molar-refractivity contribution >= 4 is 23.2 Å². The third-order valence-corrected chi connectivity index (χ3v) is 5.22. The maximum absolute atomic E-state index is 6.15. The zero-order valence-electron chi connectivity index (χ0n) is 11.1. The molecule has 0 aromatic heterocycles. The molecule has 0 heterocycles. The number of benzene rings is 1. The monoisotopic (exact) mass is 285 g/mol. The molecule has 1 atom stereocenters. The molecule has 0 aliphatic heterocycles. The standard InChI is InChI=1S/C15H21Cl2N/c1-3-15(8-4-5-9-15)14(18-2)11-6-7-12(16)13(17)10-11/h6-7,10,14,18H,3-5,8-9H2,1-2H3. The van der Waals surface area contributed by atoms with Gasteiger partial charge in [0.1, 0.15) is 0 Å². The molecule has 1 nitrogen and oxygen atoms in total. The summed E-state index contributed by atoms with van der Waals surface area (Å²) in [6.07, 6.45) is 6.49. The highest BCUT2D eigenvalue weighted by atomic mass is 35.5. The van der Waals surface area contributed by atoms with Crippen LogP contribution in [0.3, 0.4) is 0 Å². The van der Waals surface area contributed by atoms with Gasteiger partial charge in [-0.25, -0.2) is 0 Å². The lowest BCUT2D eigenvalue weighted by atomic mass is 9.73. The van der Waals surface area contributed by atoms with E-state index in [1.165, 1.54) is 37.7 Å². The van der Waals surface area contributed by atoms with Crippen LogP contribution in [0, 0.1) is 5.41 Å². The molecule has 1 aliphatic rings. The van der Waals surface area contributed by atoms with E-state index in [4.69, 9.17) is 23.2 Å². The van der Waals surface area contributed by atoms with E-state index in [1.807, 2.05) is 19.2 Å². The summed E-state index contributed by atoms with van der Waals surface area (Å²) in [5.74, 6) is 0. The molecule has 1 N–H and O–H groups in total. The van der Waals surface area contributed by atoms with E-state index >= 15 is 0 Å². The topological polar surface area (TPSA) is 12.0 Å². The first-order valence-corrected chi connectivity index (χ1v) is 7.51. The first-order valence-electron chi connectivity index (χ1n) is 6.75. The Balaban J connectivity index is 2.34. The van der Waals surface area contributed by atoms with Crippen molar-refractivity contribution < 1.29 is 0 Å². The van der Waals surface area contributed by atoms with Crippen LogP contribution in [-0.4, -0.2) is 7.05 Å². The summed E-state index contributed by atoms with van der Waals surface area (Å²) in [7, 11) is 2.04. The average molecular weight is 286 g/mol. The first-order chi connectivity index (χ1) is 8.63. The Morgan fingerprint density at radius 3 is 2.39 bits per heavy atom. The molecule has 1 aromatic carbocycles. The molecule has 1 fully saturated rings. The summed E-state index contributed by atoms with van der Waals surface area (Å²) >= 11 is 12.2. The lowest BCUT2D eigenvalue weighted by Crippen LogP contribution is -2.34. The molecule has 0 radical (unpaired) electrons. The van der Waals surface area contributed by atoms with E-state index in [0.717, 1.165) is 0 Å². The van der Waals surface area contributed by atoms with Crippen molar-refractivity contribution in [1.29, 1.82) is 0 Å². The highest BCUT2D eigenvalue weighted by Crippen LogP contribution is 2.50. The van der Waals surface area contributed by atoms with Gasteiger partial charge >= 0.3 is 0 Å². The second kappa shape index (κ2) is 5.81. The molecule has 0 spiro atoms. The zero-order valence-corrected chi connectivity index (χ0v) is 12.6. The van der Waals surface area contributed by atoms with E-state index in [2.05, 4.69) is 18.3 Å². The van der Waals surface area contributed by atoms with E-state index in [9.17, 15) is 0 Å². The van der Waals surface area contributed by atoms with E-state index < -0.39 is 0 Å². The van der Waals surface area contributed by atoms with Crippen LogP contribution >= 0.6 is 23.2 Å². The molecule has 1 saturated carbocycles. The van der Waals surface area contributed by atoms with Crippen LogP contribution in [0.25, 0.3) is 0 Å². The van der Waals surface area contributed by atoms with Crippen molar-refractivity contribution in [1.82, 2.24) is 5.32 Å². The molecule has 0 amide bonds. The number of hydrogen-bond acceptors (Lipinski definition) is 1. The fraction of sp³-hybridized carbons (Fsp3) is 0.600. The van der Waals surface area contributed by atoms with Crippen molar-refractivity contribution in [3.63, 3.8) is 0 Å². The Hall–Kier alpha value is -0.240. The summed E-state index contributed by atoms with van der Waals surface area (Å²) in [5.41, 5.74) is 1.64. The lowest BCUT2D eigenvalue weighted by molar-refractivity contribution is 0.195. The van der Waals surface area contributed by atoms with Gasteiger partial charge in [0.05, 0.1) is 10.0 Å². The molecule has 0 bridgehead atoms. The number of nitrogens with one attached hydrogen (secondary N) is 1. The number of rotatable bonds is 4. The van der Waals surface area contributed by atoms with Crippen molar-refractivity contribution in [2.45, 2.75) is 45.1 Å². The van der Waals surface area contributed by atoms with Gasteiger partial charge in [0.15, 0.2) is 0 Å². The highest BCUT2D eigenvalue weighted by Gasteiger charge is 2.39. The van der Waals surface area contributed by atoms with Crippen LogP contribution in [0.15, 0.2) is 18.2 Å². The van der Waals surface area contributed by atoms with Crippen molar-refractivity contribution in [2.75, 3.05) is 7.05 Å².